The fraction of sp³-hybridized carbons (Fsp3) is 0.375. The van der Waals surface area contributed by atoms with Crippen molar-refractivity contribution < 1.29 is 0 Å². The largest absolute Gasteiger partial charge is 0.364 e. The van der Waals surface area contributed by atoms with Crippen LogP contribution in [0.15, 0.2) is 24.3 Å². The van der Waals surface area contributed by atoms with E-state index in [1.807, 2.05) is 24.3 Å². The second kappa shape index (κ2) is 9.82. The fourth-order valence-corrected chi connectivity index (χ4v) is 3.17. The van der Waals surface area contributed by atoms with Crippen LogP contribution in [0, 0.1) is 0 Å². The molecule has 0 aliphatic heterocycles. The lowest BCUT2D eigenvalue weighted by Gasteiger charge is -2.11. The maximum absolute atomic E-state index is 5.64. The summed E-state index contributed by atoms with van der Waals surface area (Å²) in [5, 5.41) is 8.65. The van der Waals surface area contributed by atoms with Crippen molar-refractivity contribution in [3.05, 3.63) is 40.7 Å². The highest BCUT2D eigenvalue weighted by Crippen LogP contribution is 2.24. The van der Waals surface area contributed by atoms with E-state index < -0.39 is 0 Å². The summed E-state index contributed by atoms with van der Waals surface area (Å²) < 4.78 is 4.07. The molecule has 3 rings (SSSR count). The Labute approximate surface area is 163 Å². The first-order valence-corrected chi connectivity index (χ1v) is 8.47. The third kappa shape index (κ3) is 4.98. The Morgan fingerprint density at radius 3 is 2.64 bits per heavy atom. The Morgan fingerprint density at radius 1 is 1.16 bits per heavy atom. The van der Waals surface area contributed by atoms with Gasteiger partial charge in [0.15, 0.2) is 0 Å². The van der Waals surface area contributed by atoms with Gasteiger partial charge in [0.05, 0.1) is 22.6 Å². The number of anilines is 1. The van der Waals surface area contributed by atoms with Gasteiger partial charge in [-0.05, 0) is 36.1 Å². The summed E-state index contributed by atoms with van der Waals surface area (Å²) in [6.07, 6.45) is 0.666. The van der Waals surface area contributed by atoms with Gasteiger partial charge in [0.25, 0.3) is 0 Å². The number of nitrogens with two attached hydrogens (primary N) is 1. The summed E-state index contributed by atoms with van der Waals surface area (Å²) in [6, 6.07) is 8.00. The Hall–Kier alpha value is -1.54. The minimum absolute atomic E-state index is 0. The lowest BCUT2D eigenvalue weighted by atomic mass is 10.1. The quantitative estimate of drug-likeness (QED) is 0.657. The molecule has 0 aliphatic carbocycles. The summed E-state index contributed by atoms with van der Waals surface area (Å²) in [5.41, 5.74) is 7.62. The molecule has 0 unspecified atom stereocenters. The van der Waals surface area contributed by atoms with Gasteiger partial charge < -0.3 is 11.1 Å². The third-order valence-electron chi connectivity index (χ3n) is 3.57. The van der Waals surface area contributed by atoms with E-state index in [9.17, 15) is 0 Å². The molecule has 0 amide bonds. The van der Waals surface area contributed by atoms with Crippen LogP contribution in [0.25, 0.3) is 10.9 Å². The molecule has 2 heterocycles. The number of halogens is 2. The number of nitrogens with zero attached hydrogens (tertiary/aromatic N) is 4. The maximum Gasteiger partial charge on any atom is 0.137 e. The molecule has 0 aliphatic rings. The highest BCUT2D eigenvalue weighted by molar-refractivity contribution is 7.05. The Bertz CT molecular complexity index is 808. The third-order valence-corrected chi connectivity index (χ3v) is 4.30. The van der Waals surface area contributed by atoms with E-state index in [-0.39, 0.29) is 24.8 Å². The second-order valence-corrected chi connectivity index (χ2v) is 6.47. The first-order chi connectivity index (χ1) is 11.2. The number of hydrogen-bond donors (Lipinski definition) is 2. The van der Waals surface area contributed by atoms with E-state index in [0.717, 1.165) is 33.1 Å². The Balaban J connectivity index is 0.00000156. The van der Waals surface area contributed by atoms with Crippen molar-refractivity contribution in [1.82, 2.24) is 19.6 Å². The molecule has 3 aromatic rings. The number of hydrogen-bond acceptors (Lipinski definition) is 7. The number of benzene rings is 1. The maximum atomic E-state index is 5.64. The van der Waals surface area contributed by atoms with Crippen molar-refractivity contribution >= 4 is 53.1 Å². The first kappa shape index (κ1) is 21.5. The van der Waals surface area contributed by atoms with Gasteiger partial charge in [-0.15, -0.1) is 29.9 Å². The van der Waals surface area contributed by atoms with Crippen LogP contribution in [0.5, 0.6) is 0 Å². The molecular weight excluding hydrogens is 379 g/mol. The lowest BCUT2D eigenvalue weighted by Crippen LogP contribution is -2.10. The average molecular weight is 401 g/mol. The van der Waals surface area contributed by atoms with Crippen molar-refractivity contribution in [1.29, 1.82) is 0 Å². The summed E-state index contributed by atoms with van der Waals surface area (Å²) in [4.78, 5) is 10.3. The smallest absolute Gasteiger partial charge is 0.137 e. The standard InChI is InChI=1S/C16H20N6S.2ClH/c1-10(2)15-13(23-22-21-15)9-18-16-11-5-3-4-6-12(11)19-14(20-16)7-8-17;;/h3-6,10H,7-9,17H2,1-2H3,(H,18,19,20);2*1H. The minimum Gasteiger partial charge on any atom is -0.364 e. The van der Waals surface area contributed by atoms with Crippen molar-refractivity contribution in [3.8, 4) is 0 Å². The molecule has 0 saturated carbocycles. The number of fused-ring (bicyclic) bond motifs is 1. The van der Waals surface area contributed by atoms with E-state index in [1.165, 1.54) is 11.5 Å². The molecule has 0 radical (unpaired) electrons. The molecular formula is C16H22Cl2N6S. The zero-order valence-corrected chi connectivity index (χ0v) is 16.5. The van der Waals surface area contributed by atoms with Crippen molar-refractivity contribution in [3.63, 3.8) is 0 Å². The van der Waals surface area contributed by atoms with Gasteiger partial charge in [-0.25, -0.2) is 9.97 Å². The average Bonchev–Trinajstić information content (AvgIpc) is 3.01. The van der Waals surface area contributed by atoms with Gasteiger partial charge in [0.2, 0.25) is 0 Å². The van der Waals surface area contributed by atoms with Gasteiger partial charge in [0.1, 0.15) is 11.6 Å². The van der Waals surface area contributed by atoms with E-state index >= 15 is 0 Å². The highest BCUT2D eigenvalue weighted by atomic mass is 35.5. The van der Waals surface area contributed by atoms with Crippen LogP contribution in [0.1, 0.15) is 36.2 Å². The Morgan fingerprint density at radius 2 is 1.92 bits per heavy atom. The molecule has 0 atom stereocenters. The molecule has 6 nitrogen and oxygen atoms in total. The highest BCUT2D eigenvalue weighted by Gasteiger charge is 2.13. The van der Waals surface area contributed by atoms with Crippen molar-refractivity contribution in [2.45, 2.75) is 32.7 Å². The number of nitrogens with one attached hydrogen (secondary N) is 1. The molecule has 25 heavy (non-hydrogen) atoms. The summed E-state index contributed by atoms with van der Waals surface area (Å²) in [5.74, 6) is 1.96. The van der Waals surface area contributed by atoms with E-state index in [1.54, 1.807) is 0 Å². The van der Waals surface area contributed by atoms with E-state index in [4.69, 9.17) is 5.73 Å². The zero-order valence-electron chi connectivity index (χ0n) is 14.1. The topological polar surface area (TPSA) is 89.6 Å². The van der Waals surface area contributed by atoms with Crippen LogP contribution in [0.3, 0.4) is 0 Å². The fourth-order valence-electron chi connectivity index (χ4n) is 2.44. The number of aromatic nitrogens is 4. The van der Waals surface area contributed by atoms with Crippen LogP contribution >= 0.6 is 36.3 Å². The summed E-state index contributed by atoms with van der Waals surface area (Å²) >= 11 is 1.43. The monoisotopic (exact) mass is 400 g/mol. The number of para-hydroxylation sites is 1. The van der Waals surface area contributed by atoms with Crippen molar-refractivity contribution in [2.24, 2.45) is 5.73 Å². The first-order valence-electron chi connectivity index (χ1n) is 7.69. The van der Waals surface area contributed by atoms with Crippen molar-refractivity contribution in [2.75, 3.05) is 11.9 Å². The van der Waals surface area contributed by atoms with Gasteiger partial charge in [0, 0.05) is 11.8 Å². The normalized spacial score (nSPS) is 10.4. The van der Waals surface area contributed by atoms with Gasteiger partial charge in [-0.3, -0.25) is 0 Å². The van der Waals surface area contributed by atoms with Gasteiger partial charge in [-0.2, -0.15) is 0 Å². The summed E-state index contributed by atoms with van der Waals surface area (Å²) in [6.45, 7) is 5.45. The lowest BCUT2D eigenvalue weighted by molar-refractivity contribution is 0.797. The molecule has 0 saturated heterocycles. The predicted octanol–water partition coefficient (Wildman–Crippen LogP) is 3.56. The number of rotatable bonds is 6. The molecule has 0 fully saturated rings. The van der Waals surface area contributed by atoms with E-state index in [0.29, 0.717) is 25.4 Å². The minimum atomic E-state index is 0. The molecule has 1 aromatic carbocycles. The zero-order chi connectivity index (χ0) is 16.2. The van der Waals surface area contributed by atoms with Gasteiger partial charge in [-0.1, -0.05) is 30.5 Å². The molecule has 0 spiro atoms. The molecule has 3 N–H and O–H groups in total. The van der Waals surface area contributed by atoms with Crippen LogP contribution in [-0.4, -0.2) is 26.1 Å². The van der Waals surface area contributed by atoms with Gasteiger partial charge >= 0.3 is 0 Å². The second-order valence-electron chi connectivity index (χ2n) is 5.63. The molecule has 0 bridgehead atoms. The van der Waals surface area contributed by atoms with Crippen LogP contribution < -0.4 is 11.1 Å². The van der Waals surface area contributed by atoms with E-state index in [2.05, 4.69) is 38.7 Å². The predicted molar refractivity (Wildman–Crippen MR) is 108 cm³/mol. The Kier molecular flexibility index (Phi) is 8.44. The molecule has 2 aromatic heterocycles. The SMILES string of the molecule is CC(C)c1nnsc1CNc1nc(CCN)nc2ccccc12.Cl.Cl. The molecule has 9 heteroatoms. The van der Waals surface area contributed by atoms with Crippen LogP contribution in [0.4, 0.5) is 5.82 Å². The summed E-state index contributed by atoms with van der Waals surface area (Å²) in [7, 11) is 0. The van der Waals surface area contributed by atoms with Crippen LogP contribution in [0.2, 0.25) is 0 Å². The van der Waals surface area contributed by atoms with Crippen LogP contribution in [-0.2, 0) is 13.0 Å². The molecule has 136 valence electrons.